The van der Waals surface area contributed by atoms with Crippen LogP contribution in [0, 0.1) is 18.3 Å². The van der Waals surface area contributed by atoms with E-state index in [1.807, 2.05) is 54.8 Å². The Kier molecular flexibility index (Phi) is 3.40. The molecule has 0 aliphatic heterocycles. The molecule has 0 saturated heterocycles. The number of nitrogens with zero attached hydrogens (tertiary/aromatic N) is 3. The largest absolute Gasteiger partial charge is 0.294 e. The molecule has 3 rings (SSSR count). The van der Waals surface area contributed by atoms with Crippen LogP contribution in [-0.4, -0.2) is 9.55 Å². The second-order valence-corrected chi connectivity index (χ2v) is 5.65. The van der Waals surface area contributed by atoms with E-state index in [9.17, 15) is 5.26 Å². The zero-order valence-electron chi connectivity index (χ0n) is 11.8. The monoisotopic (exact) mass is 295 g/mol. The summed E-state index contributed by atoms with van der Waals surface area (Å²) in [5.41, 5.74) is 4.42. The first-order valence-corrected chi connectivity index (χ1v) is 7.18. The van der Waals surface area contributed by atoms with E-state index in [4.69, 9.17) is 11.6 Å². The molecule has 2 aromatic carbocycles. The van der Waals surface area contributed by atoms with E-state index >= 15 is 0 Å². The maximum Gasteiger partial charge on any atom is 0.132 e. The van der Waals surface area contributed by atoms with Crippen LogP contribution in [0.25, 0.3) is 16.7 Å². The van der Waals surface area contributed by atoms with E-state index in [0.717, 1.165) is 28.1 Å². The molecule has 4 heteroatoms. The van der Waals surface area contributed by atoms with Crippen LogP contribution >= 0.6 is 11.6 Å². The van der Waals surface area contributed by atoms with Gasteiger partial charge in [0.1, 0.15) is 11.9 Å². The fourth-order valence-electron chi connectivity index (χ4n) is 2.54. The fourth-order valence-corrected chi connectivity index (χ4v) is 2.69. The molecule has 0 aliphatic carbocycles. The van der Waals surface area contributed by atoms with Crippen molar-refractivity contribution in [1.82, 2.24) is 9.55 Å². The van der Waals surface area contributed by atoms with Gasteiger partial charge in [-0.05, 0) is 37.6 Å². The van der Waals surface area contributed by atoms with Crippen molar-refractivity contribution >= 4 is 22.6 Å². The van der Waals surface area contributed by atoms with Crippen LogP contribution < -0.4 is 0 Å². The van der Waals surface area contributed by atoms with E-state index in [0.29, 0.717) is 5.56 Å². The summed E-state index contributed by atoms with van der Waals surface area (Å²) in [6, 6.07) is 15.8. The lowest BCUT2D eigenvalue weighted by Crippen LogP contribution is -2.03. The average Bonchev–Trinajstić information content (AvgIpc) is 2.88. The van der Waals surface area contributed by atoms with Gasteiger partial charge in [0.05, 0.1) is 27.7 Å². The van der Waals surface area contributed by atoms with Gasteiger partial charge >= 0.3 is 0 Å². The van der Waals surface area contributed by atoms with Crippen LogP contribution in [0.1, 0.15) is 29.3 Å². The molecule has 0 aliphatic rings. The molecule has 1 aromatic heterocycles. The van der Waals surface area contributed by atoms with Crippen molar-refractivity contribution in [2.24, 2.45) is 0 Å². The van der Waals surface area contributed by atoms with Gasteiger partial charge in [-0.2, -0.15) is 5.26 Å². The minimum Gasteiger partial charge on any atom is -0.294 e. The molecule has 0 saturated carbocycles. The summed E-state index contributed by atoms with van der Waals surface area (Å²) in [7, 11) is 0. The Bertz CT molecular complexity index is 856. The number of hydrogen-bond donors (Lipinski definition) is 0. The molecule has 1 unspecified atom stereocenters. The van der Waals surface area contributed by atoms with Crippen LogP contribution in [0.15, 0.2) is 42.5 Å². The third kappa shape index (κ3) is 2.18. The Morgan fingerprint density at radius 2 is 1.95 bits per heavy atom. The van der Waals surface area contributed by atoms with Crippen LogP contribution in [-0.2, 0) is 0 Å². The number of benzene rings is 2. The molecule has 104 valence electrons. The van der Waals surface area contributed by atoms with Gasteiger partial charge in [-0.1, -0.05) is 24.3 Å². The lowest BCUT2D eigenvalue weighted by Gasteiger charge is -2.12. The fraction of sp³-hybridized carbons (Fsp3) is 0.176. The number of aryl methyl sites for hydroxylation is 1. The molecule has 1 heterocycles. The molecule has 0 fully saturated rings. The number of hydrogen-bond acceptors (Lipinski definition) is 2. The van der Waals surface area contributed by atoms with Crippen LogP contribution in [0.2, 0.25) is 0 Å². The minimum absolute atomic E-state index is 0.247. The quantitative estimate of drug-likeness (QED) is 0.653. The summed E-state index contributed by atoms with van der Waals surface area (Å²) in [6.07, 6.45) is 0. The number of fused-ring (bicyclic) bond motifs is 1. The smallest absolute Gasteiger partial charge is 0.132 e. The predicted octanol–water partition coefficient (Wildman–Crippen LogP) is 4.51. The Morgan fingerprint density at radius 3 is 2.67 bits per heavy atom. The van der Waals surface area contributed by atoms with Crippen LogP contribution in [0.5, 0.6) is 0 Å². The Hall–Kier alpha value is -2.31. The van der Waals surface area contributed by atoms with Gasteiger partial charge in [-0.15, -0.1) is 11.6 Å². The highest BCUT2D eigenvalue weighted by molar-refractivity contribution is 6.20. The van der Waals surface area contributed by atoms with Gasteiger partial charge in [0, 0.05) is 0 Å². The number of alkyl halides is 1. The highest BCUT2D eigenvalue weighted by Gasteiger charge is 2.18. The number of halogens is 1. The molecule has 0 bridgehead atoms. The van der Waals surface area contributed by atoms with Crippen molar-refractivity contribution in [2.75, 3.05) is 0 Å². The number of para-hydroxylation sites is 2. The van der Waals surface area contributed by atoms with Crippen LogP contribution in [0.4, 0.5) is 0 Å². The van der Waals surface area contributed by atoms with E-state index in [2.05, 4.69) is 11.1 Å². The van der Waals surface area contributed by atoms with E-state index in [1.165, 1.54) is 0 Å². The van der Waals surface area contributed by atoms with Gasteiger partial charge in [0.25, 0.3) is 0 Å². The van der Waals surface area contributed by atoms with Gasteiger partial charge in [-0.3, -0.25) is 4.57 Å². The first-order chi connectivity index (χ1) is 10.1. The second kappa shape index (κ2) is 5.23. The minimum atomic E-state index is -0.247. The zero-order chi connectivity index (χ0) is 15.0. The topological polar surface area (TPSA) is 41.6 Å². The summed E-state index contributed by atoms with van der Waals surface area (Å²) < 4.78 is 1.98. The Balaban J connectivity index is 2.43. The molecular formula is C17H14ClN3. The first-order valence-electron chi connectivity index (χ1n) is 6.75. The van der Waals surface area contributed by atoms with Crippen LogP contribution in [0.3, 0.4) is 0 Å². The molecule has 3 nitrogen and oxygen atoms in total. The van der Waals surface area contributed by atoms with E-state index in [-0.39, 0.29) is 5.38 Å². The molecule has 0 amide bonds. The molecule has 1 atom stereocenters. The maximum absolute atomic E-state index is 9.36. The first kappa shape index (κ1) is 13.7. The lowest BCUT2D eigenvalue weighted by atomic mass is 10.1. The third-order valence-corrected chi connectivity index (χ3v) is 3.73. The summed E-state index contributed by atoms with van der Waals surface area (Å²) >= 11 is 6.31. The number of aromatic nitrogens is 2. The third-order valence-electron chi connectivity index (χ3n) is 3.53. The number of nitriles is 1. The van der Waals surface area contributed by atoms with Crippen molar-refractivity contribution in [1.29, 1.82) is 5.26 Å². The maximum atomic E-state index is 9.36. The SMILES string of the molecule is Cc1cccc2c1nc(C(C)Cl)n2-c1ccccc1C#N. The molecular weight excluding hydrogens is 282 g/mol. The highest BCUT2D eigenvalue weighted by atomic mass is 35.5. The Labute approximate surface area is 128 Å². The van der Waals surface area contributed by atoms with Crippen molar-refractivity contribution in [2.45, 2.75) is 19.2 Å². The number of rotatable bonds is 2. The molecule has 0 radical (unpaired) electrons. The van der Waals surface area contributed by atoms with Gasteiger partial charge in [0.15, 0.2) is 0 Å². The Morgan fingerprint density at radius 1 is 1.19 bits per heavy atom. The predicted molar refractivity (Wildman–Crippen MR) is 84.8 cm³/mol. The zero-order valence-corrected chi connectivity index (χ0v) is 12.6. The van der Waals surface area contributed by atoms with Crippen molar-refractivity contribution < 1.29 is 0 Å². The molecule has 0 N–H and O–H groups in total. The molecule has 0 spiro atoms. The second-order valence-electron chi connectivity index (χ2n) is 4.99. The van der Waals surface area contributed by atoms with Crippen molar-refractivity contribution in [3.8, 4) is 11.8 Å². The molecule has 21 heavy (non-hydrogen) atoms. The van der Waals surface area contributed by atoms with Gasteiger partial charge in [0.2, 0.25) is 0 Å². The average molecular weight is 296 g/mol. The van der Waals surface area contributed by atoms with Gasteiger partial charge < -0.3 is 0 Å². The summed E-state index contributed by atoms with van der Waals surface area (Å²) in [4.78, 5) is 4.69. The molecule has 3 aromatic rings. The normalized spacial score (nSPS) is 12.3. The van der Waals surface area contributed by atoms with Gasteiger partial charge in [-0.25, -0.2) is 4.98 Å². The standard InChI is InChI=1S/C17H14ClN3/c1-11-6-5-9-15-16(11)20-17(12(2)18)21(15)14-8-4-3-7-13(14)10-19/h3-9,12H,1-2H3. The van der Waals surface area contributed by atoms with Crippen molar-refractivity contribution in [3.05, 3.63) is 59.4 Å². The summed E-state index contributed by atoms with van der Waals surface area (Å²) in [5, 5.41) is 9.11. The summed E-state index contributed by atoms with van der Waals surface area (Å²) in [5.74, 6) is 0.753. The number of imidazole rings is 1. The lowest BCUT2D eigenvalue weighted by molar-refractivity contribution is 0.881. The van der Waals surface area contributed by atoms with E-state index in [1.54, 1.807) is 6.07 Å². The summed E-state index contributed by atoms with van der Waals surface area (Å²) in [6.45, 7) is 3.92. The highest BCUT2D eigenvalue weighted by Crippen LogP contribution is 2.30. The van der Waals surface area contributed by atoms with Crippen molar-refractivity contribution in [3.63, 3.8) is 0 Å². The van der Waals surface area contributed by atoms with E-state index < -0.39 is 0 Å².